The third kappa shape index (κ3) is 6.29. The van der Waals surface area contributed by atoms with E-state index in [1.807, 2.05) is 0 Å². The Bertz CT molecular complexity index is 919. The number of imide groups is 1. The minimum atomic E-state index is -3.66. The maximum absolute atomic E-state index is 12.9. The van der Waals surface area contributed by atoms with Crippen molar-refractivity contribution in [3.63, 3.8) is 0 Å². The lowest BCUT2D eigenvalue weighted by Gasteiger charge is -2.30. The molecule has 2 aliphatic rings. The van der Waals surface area contributed by atoms with Crippen LogP contribution in [0.2, 0.25) is 0 Å². The van der Waals surface area contributed by atoms with Crippen molar-refractivity contribution in [3.05, 3.63) is 29.8 Å². The molecule has 2 saturated carbocycles. The molecule has 0 aromatic heterocycles. The predicted molar refractivity (Wildman–Crippen MR) is 117 cm³/mol. The Morgan fingerprint density at radius 3 is 2.19 bits per heavy atom. The summed E-state index contributed by atoms with van der Waals surface area (Å²) in [4.78, 5) is 35.9. The van der Waals surface area contributed by atoms with E-state index < -0.39 is 34.5 Å². The largest absolute Gasteiger partial charge is 0.452 e. The molecule has 0 unspecified atom stereocenters. The van der Waals surface area contributed by atoms with Crippen molar-refractivity contribution in [2.45, 2.75) is 74.8 Å². The summed E-state index contributed by atoms with van der Waals surface area (Å²) in [6, 6.07) is 4.89. The fourth-order valence-corrected chi connectivity index (χ4v) is 5.65. The first-order valence-electron chi connectivity index (χ1n) is 11.1. The van der Waals surface area contributed by atoms with Crippen molar-refractivity contribution in [3.8, 4) is 0 Å². The van der Waals surface area contributed by atoms with E-state index in [1.165, 1.54) is 28.6 Å². The maximum Gasteiger partial charge on any atom is 0.338 e. The van der Waals surface area contributed by atoms with Gasteiger partial charge in [-0.15, -0.1) is 0 Å². The van der Waals surface area contributed by atoms with Crippen LogP contribution in [0.25, 0.3) is 0 Å². The number of hydrogen-bond acceptors (Lipinski definition) is 6. The van der Waals surface area contributed by atoms with Crippen molar-refractivity contribution in [2.75, 3.05) is 13.7 Å². The van der Waals surface area contributed by atoms with Crippen molar-refractivity contribution in [2.24, 2.45) is 0 Å². The molecule has 0 saturated heterocycles. The van der Waals surface area contributed by atoms with Crippen LogP contribution in [0.15, 0.2) is 29.2 Å². The highest BCUT2D eigenvalue weighted by atomic mass is 32.2. The van der Waals surface area contributed by atoms with Crippen LogP contribution in [0.1, 0.15) is 68.1 Å². The first kappa shape index (κ1) is 24.2. The summed E-state index contributed by atoms with van der Waals surface area (Å²) in [5, 5.41) is 4.85. The summed E-state index contributed by atoms with van der Waals surface area (Å²) in [6.45, 7) is -0.610. The van der Waals surface area contributed by atoms with E-state index in [1.54, 1.807) is 7.05 Å². The number of nitrogens with one attached hydrogen (secondary N) is 2. The first-order chi connectivity index (χ1) is 15.3. The average Bonchev–Trinajstić information content (AvgIpc) is 3.30. The Labute approximate surface area is 188 Å². The standard InChI is InChI=1S/C22H31N3O6S/c1-25(18-9-3-2-4-10-18)32(29,30)19-13-11-16(12-14-19)21(27)31-15-20(26)24-22(28)23-17-7-5-6-8-17/h11-14,17-18H,2-10,15H2,1H3,(H2,23,24,26,28). The smallest absolute Gasteiger partial charge is 0.338 e. The molecular weight excluding hydrogens is 434 g/mol. The number of benzene rings is 1. The lowest BCUT2D eigenvalue weighted by molar-refractivity contribution is -0.123. The highest BCUT2D eigenvalue weighted by Gasteiger charge is 2.29. The molecule has 32 heavy (non-hydrogen) atoms. The molecule has 9 nitrogen and oxygen atoms in total. The van der Waals surface area contributed by atoms with Gasteiger partial charge in [0, 0.05) is 19.1 Å². The van der Waals surface area contributed by atoms with Gasteiger partial charge in [0.05, 0.1) is 10.5 Å². The lowest BCUT2D eigenvalue weighted by atomic mass is 9.96. The number of sulfonamides is 1. The number of nitrogens with zero attached hydrogens (tertiary/aromatic N) is 1. The Balaban J connectivity index is 1.49. The molecule has 0 radical (unpaired) electrons. The molecule has 1 aromatic carbocycles. The van der Waals surface area contributed by atoms with Gasteiger partial charge >= 0.3 is 12.0 Å². The quantitative estimate of drug-likeness (QED) is 0.597. The third-order valence-electron chi connectivity index (χ3n) is 6.13. The molecule has 0 heterocycles. The second-order valence-corrected chi connectivity index (χ2v) is 10.4. The molecular formula is C22H31N3O6S. The van der Waals surface area contributed by atoms with E-state index in [0.29, 0.717) is 0 Å². The van der Waals surface area contributed by atoms with E-state index in [9.17, 15) is 22.8 Å². The normalized spacial score (nSPS) is 17.8. The monoisotopic (exact) mass is 465 g/mol. The molecule has 0 bridgehead atoms. The zero-order chi connectivity index (χ0) is 23.1. The van der Waals surface area contributed by atoms with Crippen molar-refractivity contribution in [1.82, 2.24) is 14.9 Å². The molecule has 2 N–H and O–H groups in total. The molecule has 3 amide bonds. The van der Waals surface area contributed by atoms with E-state index >= 15 is 0 Å². The van der Waals surface area contributed by atoms with Crippen LogP contribution in [0.3, 0.4) is 0 Å². The Hall–Kier alpha value is -2.46. The second-order valence-electron chi connectivity index (χ2n) is 8.42. The molecule has 1 aromatic rings. The zero-order valence-electron chi connectivity index (χ0n) is 18.3. The molecule has 10 heteroatoms. The second kappa shape index (κ2) is 10.9. The first-order valence-corrected chi connectivity index (χ1v) is 12.6. The van der Waals surface area contributed by atoms with Crippen LogP contribution in [-0.2, 0) is 19.6 Å². The fraction of sp³-hybridized carbons (Fsp3) is 0.591. The van der Waals surface area contributed by atoms with Gasteiger partial charge < -0.3 is 10.1 Å². The summed E-state index contributed by atoms with van der Waals surface area (Å²) in [6.07, 6.45) is 8.74. The van der Waals surface area contributed by atoms with Crippen LogP contribution in [0, 0.1) is 0 Å². The fourth-order valence-electron chi connectivity index (χ4n) is 4.24. The van der Waals surface area contributed by atoms with E-state index in [4.69, 9.17) is 4.74 Å². The molecule has 176 valence electrons. The molecule has 0 atom stereocenters. The van der Waals surface area contributed by atoms with E-state index in [-0.39, 0.29) is 22.5 Å². The Morgan fingerprint density at radius 1 is 0.969 bits per heavy atom. The number of rotatable bonds is 7. The van der Waals surface area contributed by atoms with Gasteiger partial charge in [0.25, 0.3) is 5.91 Å². The van der Waals surface area contributed by atoms with Gasteiger partial charge in [-0.05, 0) is 49.9 Å². The number of carbonyl (C=O) groups is 3. The zero-order valence-corrected chi connectivity index (χ0v) is 19.2. The van der Waals surface area contributed by atoms with Crippen molar-refractivity contribution < 1.29 is 27.5 Å². The SMILES string of the molecule is CN(C1CCCCC1)S(=O)(=O)c1ccc(C(=O)OCC(=O)NC(=O)NC2CCCC2)cc1. The molecule has 0 aliphatic heterocycles. The number of amides is 3. The summed E-state index contributed by atoms with van der Waals surface area (Å²) < 4.78 is 32.1. The number of esters is 1. The van der Waals surface area contributed by atoms with Crippen LogP contribution >= 0.6 is 0 Å². The van der Waals surface area contributed by atoms with Gasteiger partial charge in [-0.25, -0.2) is 18.0 Å². The summed E-state index contributed by atoms with van der Waals surface area (Å²) in [5.41, 5.74) is 0.118. The highest BCUT2D eigenvalue weighted by molar-refractivity contribution is 7.89. The van der Waals surface area contributed by atoms with Crippen LogP contribution < -0.4 is 10.6 Å². The maximum atomic E-state index is 12.9. The molecule has 2 aliphatic carbocycles. The summed E-state index contributed by atoms with van der Waals surface area (Å²) >= 11 is 0. The van der Waals surface area contributed by atoms with Gasteiger partial charge in [0.1, 0.15) is 0 Å². The Morgan fingerprint density at radius 2 is 1.56 bits per heavy atom. The van der Waals surface area contributed by atoms with E-state index in [2.05, 4.69) is 10.6 Å². The van der Waals surface area contributed by atoms with Gasteiger partial charge in [-0.2, -0.15) is 4.31 Å². The van der Waals surface area contributed by atoms with Crippen LogP contribution in [0.5, 0.6) is 0 Å². The Kier molecular flexibility index (Phi) is 8.25. The number of hydrogen-bond donors (Lipinski definition) is 2. The number of carbonyl (C=O) groups excluding carboxylic acids is 3. The third-order valence-corrected chi connectivity index (χ3v) is 8.06. The lowest BCUT2D eigenvalue weighted by Crippen LogP contribution is -2.45. The average molecular weight is 466 g/mol. The number of ether oxygens (including phenoxy) is 1. The van der Waals surface area contributed by atoms with Crippen molar-refractivity contribution >= 4 is 27.9 Å². The topological polar surface area (TPSA) is 122 Å². The van der Waals surface area contributed by atoms with Crippen LogP contribution in [0.4, 0.5) is 4.79 Å². The van der Waals surface area contributed by atoms with Crippen molar-refractivity contribution in [1.29, 1.82) is 0 Å². The van der Waals surface area contributed by atoms with Gasteiger partial charge in [-0.1, -0.05) is 32.1 Å². The van der Waals surface area contributed by atoms with Gasteiger partial charge in [0.15, 0.2) is 6.61 Å². The minimum absolute atomic E-state index is 0.0113. The minimum Gasteiger partial charge on any atom is -0.452 e. The predicted octanol–water partition coefficient (Wildman–Crippen LogP) is 2.57. The summed E-state index contributed by atoms with van der Waals surface area (Å²) in [5.74, 6) is -1.51. The molecule has 2 fully saturated rings. The summed E-state index contributed by atoms with van der Waals surface area (Å²) in [7, 11) is -2.07. The molecule has 3 rings (SSSR count). The van der Waals surface area contributed by atoms with E-state index in [0.717, 1.165) is 57.8 Å². The van der Waals surface area contributed by atoms with Gasteiger partial charge in [0.2, 0.25) is 10.0 Å². The van der Waals surface area contributed by atoms with Crippen LogP contribution in [-0.4, -0.2) is 56.4 Å². The van der Waals surface area contributed by atoms with Gasteiger partial charge in [-0.3, -0.25) is 10.1 Å². The molecule has 0 spiro atoms. The number of urea groups is 1. The highest BCUT2D eigenvalue weighted by Crippen LogP contribution is 2.26.